The van der Waals surface area contributed by atoms with Crippen LogP contribution in [0.3, 0.4) is 0 Å². The molecular weight excluding hydrogens is 400 g/mol. The number of nitrogens with zero attached hydrogens (tertiary/aromatic N) is 3. The number of carbonyl (C=O) groups is 1. The maximum absolute atomic E-state index is 13.2. The lowest BCUT2D eigenvalue weighted by molar-refractivity contribution is -0.116. The smallest absolute Gasteiger partial charge is 0.246 e. The van der Waals surface area contributed by atoms with Crippen molar-refractivity contribution in [3.63, 3.8) is 0 Å². The van der Waals surface area contributed by atoms with Gasteiger partial charge in [0.25, 0.3) is 0 Å². The van der Waals surface area contributed by atoms with Crippen molar-refractivity contribution in [2.45, 2.75) is 64.8 Å². The minimum atomic E-state index is -3.61. The van der Waals surface area contributed by atoms with E-state index in [1.165, 1.54) is 10.2 Å². The summed E-state index contributed by atoms with van der Waals surface area (Å²) < 4.78 is 29.4. The van der Waals surface area contributed by atoms with Crippen LogP contribution < -0.4 is 5.32 Å². The number of aryl methyl sites for hydroxylation is 2. The van der Waals surface area contributed by atoms with Gasteiger partial charge in [0, 0.05) is 18.8 Å². The van der Waals surface area contributed by atoms with E-state index in [0.717, 1.165) is 31.4 Å². The van der Waals surface area contributed by atoms with Crippen LogP contribution >= 0.6 is 0 Å². The minimum Gasteiger partial charge on any atom is -0.324 e. The van der Waals surface area contributed by atoms with Gasteiger partial charge in [-0.25, -0.2) is 8.42 Å². The second kappa shape index (κ2) is 9.31. The molecule has 1 N–H and O–H groups in total. The highest BCUT2D eigenvalue weighted by molar-refractivity contribution is 7.89. The van der Waals surface area contributed by atoms with Gasteiger partial charge in [-0.15, -0.1) is 0 Å². The van der Waals surface area contributed by atoms with Crippen molar-refractivity contribution in [3.8, 4) is 0 Å². The molecule has 2 heterocycles. The van der Waals surface area contributed by atoms with Gasteiger partial charge in [-0.2, -0.15) is 9.40 Å². The summed E-state index contributed by atoms with van der Waals surface area (Å²) in [6.45, 7) is 8.71. The summed E-state index contributed by atoms with van der Waals surface area (Å²) in [7, 11) is -3.61. The molecule has 3 rings (SSSR count). The Labute approximate surface area is 179 Å². The van der Waals surface area contributed by atoms with E-state index in [0.29, 0.717) is 30.4 Å². The van der Waals surface area contributed by atoms with Gasteiger partial charge in [0.2, 0.25) is 15.9 Å². The monoisotopic (exact) mass is 432 g/mol. The Balaban J connectivity index is 1.72. The lowest BCUT2D eigenvalue weighted by Crippen LogP contribution is -2.38. The Morgan fingerprint density at radius 3 is 2.40 bits per heavy atom. The third-order valence-electron chi connectivity index (χ3n) is 5.73. The van der Waals surface area contributed by atoms with Gasteiger partial charge >= 0.3 is 0 Å². The molecule has 1 aromatic carbocycles. The summed E-state index contributed by atoms with van der Waals surface area (Å²) in [6.07, 6.45) is 3.81. The van der Waals surface area contributed by atoms with Gasteiger partial charge in [-0.1, -0.05) is 32.4 Å². The Morgan fingerprint density at radius 2 is 1.80 bits per heavy atom. The predicted molar refractivity (Wildman–Crippen MR) is 118 cm³/mol. The van der Waals surface area contributed by atoms with Crippen molar-refractivity contribution in [2.75, 3.05) is 18.4 Å². The van der Waals surface area contributed by atoms with Crippen LogP contribution in [0.5, 0.6) is 0 Å². The zero-order valence-electron chi connectivity index (χ0n) is 18.3. The van der Waals surface area contributed by atoms with Crippen LogP contribution in [0.2, 0.25) is 0 Å². The highest BCUT2D eigenvalue weighted by atomic mass is 32.2. The maximum atomic E-state index is 13.2. The molecule has 1 aliphatic heterocycles. The van der Waals surface area contributed by atoms with Crippen LogP contribution in [-0.4, -0.2) is 41.5 Å². The average molecular weight is 433 g/mol. The Kier molecular flexibility index (Phi) is 6.98. The van der Waals surface area contributed by atoms with Crippen LogP contribution in [0, 0.1) is 19.8 Å². The number of aromatic nitrogens is 2. The van der Waals surface area contributed by atoms with Gasteiger partial charge in [0.1, 0.15) is 11.4 Å². The topological polar surface area (TPSA) is 84.3 Å². The highest BCUT2D eigenvalue weighted by Crippen LogP contribution is 2.27. The molecule has 1 saturated heterocycles. The van der Waals surface area contributed by atoms with Crippen molar-refractivity contribution >= 4 is 21.6 Å². The lowest BCUT2D eigenvalue weighted by atomic mass is 10.0. The van der Waals surface area contributed by atoms with Crippen LogP contribution in [0.4, 0.5) is 5.69 Å². The molecule has 1 amide bonds. The molecule has 30 heavy (non-hydrogen) atoms. The highest BCUT2D eigenvalue weighted by Gasteiger charge is 2.33. The minimum absolute atomic E-state index is 0.0318. The summed E-state index contributed by atoms with van der Waals surface area (Å²) >= 11 is 0. The molecule has 1 aliphatic rings. The number of hydrogen-bond acceptors (Lipinski definition) is 4. The molecule has 7 nitrogen and oxygen atoms in total. The maximum Gasteiger partial charge on any atom is 0.246 e. The molecule has 0 saturated carbocycles. The standard InChI is InChI=1S/C22H32N4O3S/c1-5-6-19-7-9-20(10-8-19)23-21(27)15-26-18(4)22(17(3)24-26)30(28,29)25-13-11-16(2)12-14-25/h7-10,16H,5-6,11-15H2,1-4H3,(H,23,27). The number of benzene rings is 1. The second-order valence-corrected chi connectivity index (χ2v) is 10.1. The van der Waals surface area contributed by atoms with E-state index in [1.54, 1.807) is 18.2 Å². The summed E-state index contributed by atoms with van der Waals surface area (Å²) in [5, 5.41) is 7.22. The summed E-state index contributed by atoms with van der Waals surface area (Å²) in [6, 6.07) is 7.79. The first-order chi connectivity index (χ1) is 14.2. The first kappa shape index (κ1) is 22.5. The van der Waals surface area contributed by atoms with Crippen LogP contribution in [0.1, 0.15) is 50.1 Å². The molecule has 1 aromatic heterocycles. The summed E-state index contributed by atoms with van der Waals surface area (Å²) in [5.41, 5.74) is 2.88. The van der Waals surface area contributed by atoms with Gasteiger partial charge in [0.15, 0.2) is 0 Å². The van der Waals surface area contributed by atoms with E-state index < -0.39 is 10.0 Å². The molecule has 164 valence electrons. The molecule has 0 aliphatic carbocycles. The lowest BCUT2D eigenvalue weighted by Gasteiger charge is -2.29. The molecular formula is C22H32N4O3S. The van der Waals surface area contributed by atoms with Crippen molar-refractivity contribution in [1.29, 1.82) is 0 Å². The van der Waals surface area contributed by atoms with E-state index in [-0.39, 0.29) is 17.3 Å². The van der Waals surface area contributed by atoms with E-state index in [4.69, 9.17) is 0 Å². The number of sulfonamides is 1. The van der Waals surface area contributed by atoms with Crippen molar-refractivity contribution in [3.05, 3.63) is 41.2 Å². The number of carbonyl (C=O) groups excluding carboxylic acids is 1. The molecule has 8 heteroatoms. The zero-order chi connectivity index (χ0) is 21.9. The van der Waals surface area contributed by atoms with E-state index in [2.05, 4.69) is 24.3 Å². The van der Waals surface area contributed by atoms with Gasteiger partial charge in [-0.05, 0) is 56.7 Å². The third kappa shape index (κ3) is 4.92. The fourth-order valence-electron chi connectivity index (χ4n) is 3.94. The van der Waals surface area contributed by atoms with Crippen molar-refractivity contribution in [1.82, 2.24) is 14.1 Å². The molecule has 0 atom stereocenters. The first-order valence-electron chi connectivity index (χ1n) is 10.6. The number of hydrogen-bond donors (Lipinski definition) is 1. The summed E-state index contributed by atoms with van der Waals surface area (Å²) in [5.74, 6) is 0.306. The normalized spacial score (nSPS) is 16.0. The Morgan fingerprint density at radius 1 is 1.17 bits per heavy atom. The molecule has 1 fully saturated rings. The van der Waals surface area contributed by atoms with Crippen LogP contribution in [0.15, 0.2) is 29.2 Å². The molecule has 0 bridgehead atoms. The summed E-state index contributed by atoms with van der Waals surface area (Å²) in [4.78, 5) is 12.8. The fourth-order valence-corrected chi connectivity index (χ4v) is 5.78. The van der Waals surface area contributed by atoms with Gasteiger partial charge < -0.3 is 5.32 Å². The molecule has 0 radical (unpaired) electrons. The Hall–Kier alpha value is -2.19. The number of amides is 1. The Bertz CT molecular complexity index is 988. The number of rotatable bonds is 7. The first-order valence-corrected chi connectivity index (χ1v) is 12.1. The van der Waals surface area contributed by atoms with Gasteiger partial charge in [-0.3, -0.25) is 9.48 Å². The number of nitrogens with one attached hydrogen (secondary N) is 1. The third-order valence-corrected chi connectivity index (χ3v) is 7.88. The zero-order valence-corrected chi connectivity index (χ0v) is 19.1. The molecule has 0 spiro atoms. The second-order valence-electron chi connectivity index (χ2n) is 8.24. The fraction of sp³-hybridized carbons (Fsp3) is 0.545. The predicted octanol–water partition coefficient (Wildman–Crippen LogP) is 3.51. The van der Waals surface area contributed by atoms with Crippen LogP contribution in [0.25, 0.3) is 0 Å². The largest absolute Gasteiger partial charge is 0.324 e. The van der Waals surface area contributed by atoms with Crippen molar-refractivity contribution < 1.29 is 13.2 Å². The van der Waals surface area contributed by atoms with Gasteiger partial charge in [0.05, 0.1) is 11.4 Å². The van der Waals surface area contributed by atoms with E-state index in [1.807, 2.05) is 24.3 Å². The van der Waals surface area contributed by atoms with E-state index in [9.17, 15) is 13.2 Å². The molecule has 0 unspecified atom stereocenters. The van der Waals surface area contributed by atoms with E-state index >= 15 is 0 Å². The average Bonchev–Trinajstić information content (AvgIpc) is 2.97. The number of anilines is 1. The quantitative estimate of drug-likeness (QED) is 0.726. The van der Waals surface area contributed by atoms with Crippen molar-refractivity contribution in [2.24, 2.45) is 5.92 Å². The van der Waals surface area contributed by atoms with Crippen LogP contribution in [-0.2, 0) is 27.8 Å². The molecule has 2 aromatic rings. The number of piperidine rings is 1. The SMILES string of the molecule is CCCc1ccc(NC(=O)Cn2nc(C)c(S(=O)(=O)N3CCC(C)CC3)c2C)cc1.